The standard InChI is InChI=1S/C13H11FN2S.ClH/c1-8-13(11-4-5-15-7-16-11)10-3-2-9(14)6-12(10)17-8;/h2-7,11H,1H3,(H,15,16);1H. The highest BCUT2D eigenvalue weighted by atomic mass is 35.5. The molecule has 0 amide bonds. The van der Waals surface area contributed by atoms with Crippen LogP contribution in [0.15, 0.2) is 35.5 Å². The van der Waals surface area contributed by atoms with Crippen LogP contribution in [0, 0.1) is 12.7 Å². The summed E-state index contributed by atoms with van der Waals surface area (Å²) in [5.41, 5.74) is 1.18. The van der Waals surface area contributed by atoms with Crippen LogP contribution in [0.3, 0.4) is 0 Å². The first kappa shape index (κ1) is 13.1. The van der Waals surface area contributed by atoms with E-state index in [4.69, 9.17) is 0 Å². The summed E-state index contributed by atoms with van der Waals surface area (Å²) in [6.45, 7) is 2.06. The Labute approximate surface area is 115 Å². The molecule has 2 heterocycles. The Kier molecular flexibility index (Phi) is 3.68. The SMILES string of the molecule is Cc1sc2cc(F)ccc2c1C1C=CNC=N1.Cl. The molecule has 18 heavy (non-hydrogen) atoms. The summed E-state index contributed by atoms with van der Waals surface area (Å²) in [5, 5.41) is 4.02. The summed E-state index contributed by atoms with van der Waals surface area (Å²) < 4.78 is 14.2. The number of aryl methyl sites for hydroxylation is 1. The van der Waals surface area contributed by atoms with Crippen LogP contribution in [0.1, 0.15) is 16.5 Å². The van der Waals surface area contributed by atoms with E-state index < -0.39 is 0 Å². The van der Waals surface area contributed by atoms with Gasteiger partial charge in [0.1, 0.15) is 5.82 Å². The number of nitrogens with one attached hydrogen (secondary N) is 1. The van der Waals surface area contributed by atoms with Crippen LogP contribution in [-0.4, -0.2) is 6.34 Å². The van der Waals surface area contributed by atoms with E-state index in [0.717, 1.165) is 10.1 Å². The summed E-state index contributed by atoms with van der Waals surface area (Å²) in [5.74, 6) is -0.186. The molecule has 0 saturated heterocycles. The average molecular weight is 283 g/mol. The second kappa shape index (κ2) is 5.08. The molecule has 0 aliphatic carbocycles. The Balaban J connectivity index is 0.00000120. The Morgan fingerprint density at radius 2 is 2.22 bits per heavy atom. The fraction of sp³-hybridized carbons (Fsp3) is 0.154. The molecule has 1 aliphatic heterocycles. The van der Waals surface area contributed by atoms with Crippen molar-refractivity contribution in [2.75, 3.05) is 0 Å². The molecule has 0 saturated carbocycles. The third-order valence-electron chi connectivity index (χ3n) is 2.86. The maximum Gasteiger partial charge on any atom is 0.124 e. The van der Waals surface area contributed by atoms with Gasteiger partial charge >= 0.3 is 0 Å². The van der Waals surface area contributed by atoms with Crippen LogP contribution >= 0.6 is 23.7 Å². The fourth-order valence-corrected chi connectivity index (χ4v) is 3.24. The van der Waals surface area contributed by atoms with Crippen LogP contribution < -0.4 is 5.32 Å². The van der Waals surface area contributed by atoms with Crippen molar-refractivity contribution in [1.29, 1.82) is 0 Å². The van der Waals surface area contributed by atoms with Gasteiger partial charge in [0.2, 0.25) is 0 Å². The third-order valence-corrected chi connectivity index (χ3v) is 3.94. The van der Waals surface area contributed by atoms with Gasteiger partial charge in [-0.2, -0.15) is 0 Å². The van der Waals surface area contributed by atoms with Crippen molar-refractivity contribution >= 4 is 40.2 Å². The molecule has 94 valence electrons. The van der Waals surface area contributed by atoms with E-state index in [1.54, 1.807) is 23.7 Å². The summed E-state index contributed by atoms with van der Waals surface area (Å²) in [6.07, 6.45) is 5.58. The van der Waals surface area contributed by atoms with Crippen LogP contribution in [0.5, 0.6) is 0 Å². The second-order valence-electron chi connectivity index (χ2n) is 3.96. The van der Waals surface area contributed by atoms with Crippen LogP contribution in [0.2, 0.25) is 0 Å². The molecule has 0 bridgehead atoms. The number of halogens is 2. The van der Waals surface area contributed by atoms with Gasteiger partial charge in [0.05, 0.1) is 12.4 Å². The van der Waals surface area contributed by atoms with Crippen molar-refractivity contribution in [3.05, 3.63) is 46.7 Å². The highest BCUT2D eigenvalue weighted by molar-refractivity contribution is 7.19. The van der Waals surface area contributed by atoms with E-state index in [0.29, 0.717) is 0 Å². The van der Waals surface area contributed by atoms with Gasteiger partial charge in [-0.05, 0) is 30.5 Å². The molecular formula is C13H12ClFN2S. The van der Waals surface area contributed by atoms with Gasteiger partial charge in [0.25, 0.3) is 0 Å². The van der Waals surface area contributed by atoms with Gasteiger partial charge in [-0.15, -0.1) is 23.7 Å². The van der Waals surface area contributed by atoms with Crippen molar-refractivity contribution < 1.29 is 4.39 Å². The summed E-state index contributed by atoms with van der Waals surface area (Å²) in [4.78, 5) is 5.59. The molecule has 5 heteroatoms. The number of aliphatic imine (C=N–C) groups is 1. The second-order valence-corrected chi connectivity index (χ2v) is 5.22. The molecule has 1 aromatic heterocycles. The van der Waals surface area contributed by atoms with Crippen molar-refractivity contribution in [3.63, 3.8) is 0 Å². The molecule has 0 spiro atoms. The number of fused-ring (bicyclic) bond motifs is 1. The van der Waals surface area contributed by atoms with E-state index in [1.165, 1.54) is 16.5 Å². The largest absolute Gasteiger partial charge is 0.353 e. The normalized spacial score (nSPS) is 17.6. The molecule has 1 aliphatic rings. The molecule has 2 nitrogen and oxygen atoms in total. The first-order valence-corrected chi connectivity index (χ1v) is 6.20. The maximum absolute atomic E-state index is 13.2. The number of hydrogen-bond donors (Lipinski definition) is 1. The van der Waals surface area contributed by atoms with E-state index in [9.17, 15) is 4.39 Å². The Morgan fingerprint density at radius 3 is 2.94 bits per heavy atom. The highest BCUT2D eigenvalue weighted by Crippen LogP contribution is 2.37. The fourth-order valence-electron chi connectivity index (χ4n) is 2.11. The number of thiophene rings is 1. The summed E-state index contributed by atoms with van der Waals surface area (Å²) >= 11 is 1.62. The molecular weight excluding hydrogens is 271 g/mol. The van der Waals surface area contributed by atoms with Gasteiger partial charge in [-0.1, -0.05) is 6.07 Å². The molecule has 1 N–H and O–H groups in total. The van der Waals surface area contributed by atoms with Crippen LogP contribution in [0.4, 0.5) is 4.39 Å². The molecule has 0 fully saturated rings. The molecule has 2 aromatic rings. The van der Waals surface area contributed by atoms with Gasteiger partial charge in [-0.25, -0.2) is 4.39 Å². The van der Waals surface area contributed by atoms with E-state index in [-0.39, 0.29) is 24.3 Å². The van der Waals surface area contributed by atoms with Crippen molar-refractivity contribution in [2.24, 2.45) is 4.99 Å². The van der Waals surface area contributed by atoms with Gasteiger partial charge in [0, 0.05) is 21.3 Å². The van der Waals surface area contributed by atoms with Crippen molar-refractivity contribution in [1.82, 2.24) is 5.32 Å². The highest BCUT2D eigenvalue weighted by Gasteiger charge is 2.17. The molecule has 1 unspecified atom stereocenters. The lowest BCUT2D eigenvalue weighted by Gasteiger charge is -2.11. The Morgan fingerprint density at radius 1 is 1.39 bits per heavy atom. The van der Waals surface area contributed by atoms with Gasteiger partial charge in [0.15, 0.2) is 0 Å². The smallest absolute Gasteiger partial charge is 0.124 e. The quantitative estimate of drug-likeness (QED) is 0.841. The lowest BCUT2D eigenvalue weighted by Crippen LogP contribution is -2.08. The first-order chi connectivity index (χ1) is 8.25. The molecule has 0 radical (unpaired) electrons. The van der Waals surface area contributed by atoms with Crippen LogP contribution in [0.25, 0.3) is 10.1 Å². The van der Waals surface area contributed by atoms with E-state index in [2.05, 4.69) is 17.2 Å². The Hall–Kier alpha value is -1.39. The van der Waals surface area contributed by atoms with Crippen molar-refractivity contribution in [3.8, 4) is 0 Å². The predicted octanol–water partition coefficient (Wildman–Crippen LogP) is 3.96. The Bertz CT molecular complexity index is 621. The molecule has 3 rings (SSSR count). The first-order valence-electron chi connectivity index (χ1n) is 5.38. The number of benzene rings is 1. The minimum Gasteiger partial charge on any atom is -0.353 e. The monoisotopic (exact) mass is 282 g/mol. The minimum absolute atomic E-state index is 0. The van der Waals surface area contributed by atoms with Gasteiger partial charge in [-0.3, -0.25) is 4.99 Å². The summed E-state index contributed by atoms with van der Waals surface area (Å²) in [6, 6.07) is 4.97. The van der Waals surface area contributed by atoms with Gasteiger partial charge < -0.3 is 5.32 Å². The zero-order valence-corrected chi connectivity index (χ0v) is 11.3. The lowest BCUT2D eigenvalue weighted by molar-refractivity contribution is 0.630. The number of hydrogen-bond acceptors (Lipinski definition) is 3. The maximum atomic E-state index is 13.2. The third kappa shape index (κ3) is 2.13. The summed E-state index contributed by atoms with van der Waals surface area (Å²) in [7, 11) is 0. The lowest BCUT2D eigenvalue weighted by atomic mass is 10.0. The predicted molar refractivity (Wildman–Crippen MR) is 77.3 cm³/mol. The van der Waals surface area contributed by atoms with E-state index in [1.807, 2.05) is 18.3 Å². The number of nitrogens with zero attached hydrogens (tertiary/aromatic N) is 1. The molecule has 1 atom stereocenters. The number of rotatable bonds is 1. The zero-order valence-electron chi connectivity index (χ0n) is 9.68. The average Bonchev–Trinajstić information content (AvgIpc) is 2.65. The zero-order chi connectivity index (χ0) is 11.8. The topological polar surface area (TPSA) is 24.4 Å². The minimum atomic E-state index is -0.186. The van der Waals surface area contributed by atoms with Crippen molar-refractivity contribution in [2.45, 2.75) is 13.0 Å². The molecule has 1 aromatic carbocycles. The van der Waals surface area contributed by atoms with E-state index >= 15 is 0 Å². The van der Waals surface area contributed by atoms with Crippen LogP contribution in [-0.2, 0) is 0 Å².